The van der Waals surface area contributed by atoms with Crippen LogP contribution in [0.4, 0.5) is 0 Å². The van der Waals surface area contributed by atoms with Gasteiger partial charge in [-0.05, 0) is 32.3 Å². The molecule has 1 heterocycles. The number of nitrogens with zero attached hydrogens (tertiary/aromatic N) is 2. The summed E-state index contributed by atoms with van der Waals surface area (Å²) in [6.07, 6.45) is 3.28. The van der Waals surface area contributed by atoms with Crippen LogP contribution in [0, 0.1) is 13.8 Å². The third kappa shape index (κ3) is 5.27. The van der Waals surface area contributed by atoms with Crippen LogP contribution in [0.2, 0.25) is 0 Å². The van der Waals surface area contributed by atoms with Crippen LogP contribution in [-0.2, 0) is 6.54 Å². The zero-order chi connectivity index (χ0) is 13.4. The van der Waals surface area contributed by atoms with Crippen molar-refractivity contribution in [1.82, 2.24) is 15.6 Å². The Hall–Kier alpha value is -0.750. The standard InChI is InChI=1S/C12H22N4S2/c1-9-10(2)18-11(16-9)8-15-12(13-3)14-6-5-7-17-4/h5-8H2,1-4H3,(H2,13,14,15). The number of hydrogen-bond acceptors (Lipinski definition) is 4. The fourth-order valence-corrected chi connectivity index (χ4v) is 2.72. The third-order valence-electron chi connectivity index (χ3n) is 2.52. The number of nitrogens with one attached hydrogen (secondary N) is 2. The van der Waals surface area contributed by atoms with Gasteiger partial charge in [0.05, 0.1) is 12.2 Å². The minimum absolute atomic E-state index is 0.738. The maximum Gasteiger partial charge on any atom is 0.191 e. The molecule has 0 aliphatic heterocycles. The average molecular weight is 286 g/mol. The molecule has 1 aromatic rings. The molecule has 0 saturated carbocycles. The van der Waals surface area contributed by atoms with Gasteiger partial charge in [0.25, 0.3) is 0 Å². The van der Waals surface area contributed by atoms with Crippen molar-refractivity contribution in [3.8, 4) is 0 Å². The molecule has 0 radical (unpaired) electrons. The van der Waals surface area contributed by atoms with Crippen LogP contribution >= 0.6 is 23.1 Å². The highest BCUT2D eigenvalue weighted by atomic mass is 32.2. The van der Waals surface area contributed by atoms with E-state index >= 15 is 0 Å². The molecule has 0 amide bonds. The number of rotatable bonds is 6. The first-order valence-electron chi connectivity index (χ1n) is 6.03. The molecule has 6 heteroatoms. The van der Waals surface area contributed by atoms with E-state index in [1.807, 2.05) is 18.7 Å². The second-order valence-electron chi connectivity index (χ2n) is 3.95. The van der Waals surface area contributed by atoms with Gasteiger partial charge in [0.15, 0.2) is 5.96 Å². The van der Waals surface area contributed by atoms with Gasteiger partial charge in [-0.15, -0.1) is 11.3 Å². The predicted octanol–water partition coefficient (Wildman–Crippen LogP) is 2.18. The van der Waals surface area contributed by atoms with E-state index < -0.39 is 0 Å². The van der Waals surface area contributed by atoms with Crippen LogP contribution in [0.1, 0.15) is 22.0 Å². The lowest BCUT2D eigenvalue weighted by molar-refractivity contribution is 0.782. The lowest BCUT2D eigenvalue weighted by Crippen LogP contribution is -2.37. The van der Waals surface area contributed by atoms with E-state index in [0.717, 1.165) is 36.2 Å². The molecule has 1 aromatic heterocycles. The largest absolute Gasteiger partial charge is 0.356 e. The normalized spacial score (nSPS) is 11.7. The zero-order valence-electron chi connectivity index (χ0n) is 11.5. The second kappa shape index (κ2) is 8.37. The Kier molecular flexibility index (Phi) is 7.12. The summed E-state index contributed by atoms with van der Waals surface area (Å²) < 4.78 is 0. The van der Waals surface area contributed by atoms with E-state index in [9.17, 15) is 0 Å². The summed E-state index contributed by atoms with van der Waals surface area (Å²) in [6, 6.07) is 0. The van der Waals surface area contributed by atoms with Gasteiger partial charge in [-0.3, -0.25) is 4.99 Å². The topological polar surface area (TPSA) is 49.3 Å². The van der Waals surface area contributed by atoms with Crippen LogP contribution in [0.15, 0.2) is 4.99 Å². The molecule has 0 unspecified atom stereocenters. The molecule has 4 nitrogen and oxygen atoms in total. The van der Waals surface area contributed by atoms with Crippen molar-refractivity contribution in [2.24, 2.45) is 4.99 Å². The van der Waals surface area contributed by atoms with Gasteiger partial charge in [-0.2, -0.15) is 11.8 Å². The number of aryl methyl sites for hydroxylation is 2. The first-order valence-corrected chi connectivity index (χ1v) is 8.24. The van der Waals surface area contributed by atoms with Crippen molar-refractivity contribution >= 4 is 29.1 Å². The maximum atomic E-state index is 4.50. The number of hydrogen-bond donors (Lipinski definition) is 2. The molecule has 18 heavy (non-hydrogen) atoms. The molecular weight excluding hydrogens is 264 g/mol. The predicted molar refractivity (Wildman–Crippen MR) is 82.8 cm³/mol. The van der Waals surface area contributed by atoms with Crippen LogP contribution in [0.3, 0.4) is 0 Å². The van der Waals surface area contributed by atoms with Crippen molar-refractivity contribution in [2.75, 3.05) is 25.6 Å². The van der Waals surface area contributed by atoms with Crippen molar-refractivity contribution < 1.29 is 0 Å². The van der Waals surface area contributed by atoms with E-state index in [1.165, 1.54) is 10.6 Å². The lowest BCUT2D eigenvalue weighted by atomic mass is 10.4. The van der Waals surface area contributed by atoms with E-state index in [1.54, 1.807) is 18.4 Å². The Morgan fingerprint density at radius 1 is 1.39 bits per heavy atom. The first-order chi connectivity index (χ1) is 8.67. The third-order valence-corrected chi connectivity index (χ3v) is 4.29. The highest BCUT2D eigenvalue weighted by Gasteiger charge is 2.04. The van der Waals surface area contributed by atoms with Gasteiger partial charge in [0.2, 0.25) is 0 Å². The van der Waals surface area contributed by atoms with Crippen molar-refractivity contribution in [1.29, 1.82) is 0 Å². The molecular formula is C12H22N4S2. The summed E-state index contributed by atoms with van der Waals surface area (Å²) in [5.41, 5.74) is 1.12. The molecule has 0 spiro atoms. The van der Waals surface area contributed by atoms with E-state index in [-0.39, 0.29) is 0 Å². The number of aromatic nitrogens is 1. The Labute approximate surface area is 118 Å². The average Bonchev–Trinajstić information content (AvgIpc) is 2.68. The molecule has 0 aromatic carbocycles. The number of aliphatic imine (C=N–C) groups is 1. The number of guanidine groups is 1. The second-order valence-corrected chi connectivity index (χ2v) is 6.22. The van der Waals surface area contributed by atoms with Gasteiger partial charge in [-0.25, -0.2) is 4.98 Å². The highest BCUT2D eigenvalue weighted by molar-refractivity contribution is 7.98. The monoisotopic (exact) mass is 286 g/mol. The van der Waals surface area contributed by atoms with E-state index in [0.29, 0.717) is 0 Å². The van der Waals surface area contributed by atoms with Crippen LogP contribution in [0.25, 0.3) is 0 Å². The van der Waals surface area contributed by atoms with E-state index in [4.69, 9.17) is 0 Å². The fourth-order valence-electron chi connectivity index (χ4n) is 1.42. The van der Waals surface area contributed by atoms with Crippen LogP contribution < -0.4 is 10.6 Å². The Morgan fingerprint density at radius 3 is 2.72 bits per heavy atom. The smallest absolute Gasteiger partial charge is 0.191 e. The first kappa shape index (κ1) is 15.3. The molecule has 0 aliphatic rings. The molecule has 0 aliphatic carbocycles. The minimum Gasteiger partial charge on any atom is -0.356 e. The fraction of sp³-hybridized carbons (Fsp3) is 0.667. The Balaban J connectivity index is 2.31. The molecule has 0 fully saturated rings. The Bertz CT molecular complexity index is 368. The van der Waals surface area contributed by atoms with Crippen LogP contribution in [-0.4, -0.2) is 36.5 Å². The zero-order valence-corrected chi connectivity index (χ0v) is 13.2. The number of thioether (sulfide) groups is 1. The molecule has 102 valence electrons. The van der Waals surface area contributed by atoms with Gasteiger partial charge in [0.1, 0.15) is 5.01 Å². The summed E-state index contributed by atoms with van der Waals surface area (Å²) in [7, 11) is 1.79. The molecule has 1 rings (SSSR count). The highest BCUT2D eigenvalue weighted by Crippen LogP contribution is 2.15. The maximum absolute atomic E-state index is 4.50. The van der Waals surface area contributed by atoms with Crippen molar-refractivity contribution in [3.05, 3.63) is 15.6 Å². The van der Waals surface area contributed by atoms with E-state index in [2.05, 4.69) is 33.8 Å². The summed E-state index contributed by atoms with van der Waals surface area (Å²) >= 11 is 3.61. The SMILES string of the molecule is CN=C(NCCCSC)NCc1nc(C)c(C)s1. The van der Waals surface area contributed by atoms with Gasteiger partial charge >= 0.3 is 0 Å². The lowest BCUT2D eigenvalue weighted by Gasteiger charge is -2.10. The summed E-state index contributed by atoms with van der Waals surface area (Å²) in [4.78, 5) is 9.98. The summed E-state index contributed by atoms with van der Waals surface area (Å²) in [5.74, 6) is 2.02. The molecule has 2 N–H and O–H groups in total. The molecule has 0 atom stereocenters. The summed E-state index contributed by atoms with van der Waals surface area (Å²) in [5, 5.41) is 7.69. The molecule has 0 saturated heterocycles. The van der Waals surface area contributed by atoms with Gasteiger partial charge < -0.3 is 10.6 Å². The molecule has 0 bridgehead atoms. The number of thiazole rings is 1. The van der Waals surface area contributed by atoms with Crippen molar-refractivity contribution in [2.45, 2.75) is 26.8 Å². The van der Waals surface area contributed by atoms with Gasteiger partial charge in [0, 0.05) is 18.5 Å². The van der Waals surface area contributed by atoms with Crippen molar-refractivity contribution in [3.63, 3.8) is 0 Å². The summed E-state index contributed by atoms with van der Waals surface area (Å²) in [6.45, 7) is 5.84. The minimum atomic E-state index is 0.738. The van der Waals surface area contributed by atoms with Gasteiger partial charge in [-0.1, -0.05) is 0 Å². The quantitative estimate of drug-likeness (QED) is 0.478. The van der Waals surface area contributed by atoms with Crippen LogP contribution in [0.5, 0.6) is 0 Å². The Morgan fingerprint density at radius 2 is 2.17 bits per heavy atom.